The molecule has 0 spiro atoms. The molecule has 3 rings (SSSR count). The van der Waals surface area contributed by atoms with Gasteiger partial charge in [-0.2, -0.15) is 0 Å². The molecule has 24 heavy (non-hydrogen) atoms. The van der Waals surface area contributed by atoms with Crippen molar-refractivity contribution in [2.45, 2.75) is 6.10 Å². The summed E-state index contributed by atoms with van der Waals surface area (Å²) < 4.78 is 11.3. The predicted octanol–water partition coefficient (Wildman–Crippen LogP) is 4.15. The van der Waals surface area contributed by atoms with Crippen LogP contribution in [0.5, 0.6) is 5.75 Å². The number of amides is 1. The maximum Gasteiger partial charge on any atom is 0.259 e. The van der Waals surface area contributed by atoms with Gasteiger partial charge in [-0.25, -0.2) is 0 Å². The molecule has 1 heterocycles. The number of methoxy groups -OCH3 is 1. The quantitative estimate of drug-likeness (QED) is 0.783. The number of hydrogen-bond donors (Lipinski definition) is 0. The first-order chi connectivity index (χ1) is 11.7. The molecule has 1 unspecified atom stereocenters. The molecule has 1 aliphatic heterocycles. The van der Waals surface area contributed by atoms with E-state index in [1.165, 1.54) is 6.61 Å². The van der Waals surface area contributed by atoms with Crippen molar-refractivity contribution < 1.29 is 14.3 Å². The number of carbonyl (C=O) groups excluding carboxylic acids is 1. The summed E-state index contributed by atoms with van der Waals surface area (Å²) in [7, 11) is 1.60. The van der Waals surface area contributed by atoms with Gasteiger partial charge < -0.3 is 14.4 Å². The smallest absolute Gasteiger partial charge is 0.259 e. The average Bonchev–Trinajstić information content (AvgIpc) is 2.72. The molecule has 123 valence electrons. The fourth-order valence-electron chi connectivity index (χ4n) is 2.80. The SMILES string of the molecule is C=CCN1C(=O)[CH]OC(c2ccccc2OC)c2cc(Cl)ccc21. The van der Waals surface area contributed by atoms with E-state index in [1.54, 1.807) is 24.2 Å². The molecule has 1 aliphatic rings. The molecule has 1 atom stereocenters. The van der Waals surface area contributed by atoms with Crippen LogP contribution in [0.2, 0.25) is 5.02 Å². The van der Waals surface area contributed by atoms with Crippen LogP contribution in [0.3, 0.4) is 0 Å². The van der Waals surface area contributed by atoms with Gasteiger partial charge in [0.05, 0.1) is 12.8 Å². The van der Waals surface area contributed by atoms with Gasteiger partial charge in [-0.15, -0.1) is 6.58 Å². The summed E-state index contributed by atoms with van der Waals surface area (Å²) in [6.07, 6.45) is 1.18. The zero-order chi connectivity index (χ0) is 17.1. The van der Waals surface area contributed by atoms with Gasteiger partial charge in [0, 0.05) is 22.7 Å². The summed E-state index contributed by atoms with van der Waals surface area (Å²) in [5.41, 5.74) is 2.37. The number of ether oxygens (including phenoxy) is 2. The van der Waals surface area contributed by atoms with Gasteiger partial charge >= 0.3 is 0 Å². The number of benzene rings is 2. The van der Waals surface area contributed by atoms with Crippen molar-refractivity contribution in [2.75, 3.05) is 18.6 Å². The summed E-state index contributed by atoms with van der Waals surface area (Å²) >= 11 is 6.20. The van der Waals surface area contributed by atoms with E-state index in [0.29, 0.717) is 17.3 Å². The van der Waals surface area contributed by atoms with E-state index < -0.39 is 6.10 Å². The number of para-hydroxylation sites is 1. The van der Waals surface area contributed by atoms with Crippen LogP contribution >= 0.6 is 11.6 Å². The van der Waals surface area contributed by atoms with Gasteiger partial charge in [0.1, 0.15) is 11.9 Å². The minimum Gasteiger partial charge on any atom is -0.496 e. The Kier molecular flexibility index (Phi) is 4.88. The Hall–Kier alpha value is -2.30. The topological polar surface area (TPSA) is 38.8 Å². The lowest BCUT2D eigenvalue weighted by molar-refractivity contribution is -0.119. The Bertz CT molecular complexity index is 775. The monoisotopic (exact) mass is 342 g/mol. The van der Waals surface area contributed by atoms with Gasteiger partial charge in [0.25, 0.3) is 5.91 Å². The Morgan fingerprint density at radius 3 is 2.83 bits per heavy atom. The van der Waals surface area contributed by atoms with Crippen LogP contribution in [0, 0.1) is 6.61 Å². The molecule has 1 amide bonds. The van der Waals surface area contributed by atoms with Crippen molar-refractivity contribution in [1.82, 2.24) is 0 Å². The van der Waals surface area contributed by atoms with Crippen molar-refractivity contribution in [1.29, 1.82) is 0 Å². The fraction of sp³-hybridized carbons (Fsp3) is 0.158. The minimum absolute atomic E-state index is 0.240. The Labute approximate surface area is 146 Å². The minimum atomic E-state index is -0.492. The molecule has 2 aromatic rings. The molecule has 0 aromatic heterocycles. The second-order valence-electron chi connectivity index (χ2n) is 5.32. The van der Waals surface area contributed by atoms with E-state index in [2.05, 4.69) is 6.58 Å². The predicted molar refractivity (Wildman–Crippen MR) is 94.2 cm³/mol. The van der Waals surface area contributed by atoms with E-state index in [9.17, 15) is 4.79 Å². The second kappa shape index (κ2) is 7.07. The average molecular weight is 343 g/mol. The van der Waals surface area contributed by atoms with Crippen molar-refractivity contribution in [3.8, 4) is 5.75 Å². The Morgan fingerprint density at radius 1 is 1.29 bits per heavy atom. The zero-order valence-electron chi connectivity index (χ0n) is 13.2. The molecule has 4 nitrogen and oxygen atoms in total. The lowest BCUT2D eigenvalue weighted by atomic mass is 9.98. The molecule has 2 aromatic carbocycles. The normalized spacial score (nSPS) is 17.2. The van der Waals surface area contributed by atoms with E-state index in [4.69, 9.17) is 21.1 Å². The number of carbonyl (C=O) groups is 1. The number of halogens is 1. The van der Waals surface area contributed by atoms with Crippen LogP contribution in [0.15, 0.2) is 55.1 Å². The number of fused-ring (bicyclic) bond motifs is 1. The fourth-order valence-corrected chi connectivity index (χ4v) is 2.98. The van der Waals surface area contributed by atoms with Gasteiger partial charge in [0.2, 0.25) is 0 Å². The van der Waals surface area contributed by atoms with Crippen molar-refractivity contribution in [3.63, 3.8) is 0 Å². The number of anilines is 1. The van der Waals surface area contributed by atoms with Crippen molar-refractivity contribution in [3.05, 3.63) is 77.9 Å². The van der Waals surface area contributed by atoms with Crippen LogP contribution in [-0.4, -0.2) is 19.6 Å². The number of rotatable bonds is 4. The number of hydrogen-bond acceptors (Lipinski definition) is 3. The van der Waals surface area contributed by atoms with E-state index in [-0.39, 0.29) is 5.91 Å². The summed E-state index contributed by atoms with van der Waals surface area (Å²) in [4.78, 5) is 14.0. The highest BCUT2D eigenvalue weighted by Gasteiger charge is 2.31. The highest BCUT2D eigenvalue weighted by molar-refractivity contribution is 6.30. The molecular formula is C19H17ClNO3. The van der Waals surface area contributed by atoms with Gasteiger partial charge in [-0.1, -0.05) is 35.9 Å². The molecule has 0 N–H and O–H groups in total. The summed E-state index contributed by atoms with van der Waals surface area (Å²) in [6, 6.07) is 13.0. The lowest BCUT2D eigenvalue weighted by Gasteiger charge is -2.23. The molecule has 5 heteroatoms. The van der Waals surface area contributed by atoms with Gasteiger partial charge in [0.15, 0.2) is 6.61 Å². The Morgan fingerprint density at radius 2 is 2.08 bits per heavy atom. The third-order valence-corrected chi connectivity index (χ3v) is 4.10. The van der Waals surface area contributed by atoms with Gasteiger partial charge in [-0.3, -0.25) is 4.79 Å². The molecule has 0 fully saturated rings. The van der Waals surface area contributed by atoms with Crippen LogP contribution in [0.4, 0.5) is 5.69 Å². The maximum atomic E-state index is 12.4. The van der Waals surface area contributed by atoms with E-state index in [1.807, 2.05) is 36.4 Å². The van der Waals surface area contributed by atoms with Crippen LogP contribution in [-0.2, 0) is 9.53 Å². The molecule has 0 aliphatic carbocycles. The zero-order valence-corrected chi connectivity index (χ0v) is 14.0. The maximum absolute atomic E-state index is 12.4. The second-order valence-corrected chi connectivity index (χ2v) is 5.75. The highest BCUT2D eigenvalue weighted by Crippen LogP contribution is 2.41. The molecular weight excluding hydrogens is 326 g/mol. The first kappa shape index (κ1) is 16.6. The summed E-state index contributed by atoms with van der Waals surface area (Å²) in [5, 5.41) is 0.574. The molecule has 1 radical (unpaired) electrons. The first-order valence-corrected chi connectivity index (χ1v) is 7.87. The van der Waals surface area contributed by atoms with E-state index >= 15 is 0 Å². The molecule has 0 saturated heterocycles. The van der Waals surface area contributed by atoms with Crippen molar-refractivity contribution in [2.24, 2.45) is 0 Å². The van der Waals surface area contributed by atoms with Gasteiger partial charge in [-0.05, 0) is 24.3 Å². The third-order valence-electron chi connectivity index (χ3n) is 3.87. The van der Waals surface area contributed by atoms with E-state index in [0.717, 1.165) is 16.8 Å². The van der Waals surface area contributed by atoms with Crippen LogP contribution in [0.1, 0.15) is 17.2 Å². The molecule has 0 saturated carbocycles. The van der Waals surface area contributed by atoms with Crippen molar-refractivity contribution >= 4 is 23.2 Å². The van der Waals surface area contributed by atoms with Crippen LogP contribution in [0.25, 0.3) is 0 Å². The number of nitrogens with zero attached hydrogens (tertiary/aromatic N) is 1. The summed E-state index contributed by atoms with van der Waals surface area (Å²) in [6.45, 7) is 5.33. The standard InChI is InChI=1S/C19H17ClNO3/c1-3-10-21-16-9-8-13(20)11-15(16)19(24-12-18(21)22)14-6-4-5-7-17(14)23-2/h3-9,11-12,19H,1,10H2,2H3. The van der Waals surface area contributed by atoms with Crippen LogP contribution < -0.4 is 9.64 Å². The third kappa shape index (κ3) is 3.03. The Balaban J connectivity index is 2.18. The molecule has 0 bridgehead atoms. The first-order valence-electron chi connectivity index (χ1n) is 7.49. The lowest BCUT2D eigenvalue weighted by Crippen LogP contribution is -2.30. The summed E-state index contributed by atoms with van der Waals surface area (Å²) in [5.74, 6) is 0.447. The highest BCUT2D eigenvalue weighted by atomic mass is 35.5. The largest absolute Gasteiger partial charge is 0.496 e.